The molecule has 0 bridgehead atoms. The molecular formula is C16H24N4. The zero-order chi connectivity index (χ0) is 14.2. The number of rotatable bonds is 8. The van der Waals surface area contributed by atoms with Crippen LogP contribution in [0.5, 0.6) is 0 Å². The Labute approximate surface area is 121 Å². The first-order valence-electron chi connectivity index (χ1n) is 7.37. The molecule has 0 radical (unpaired) electrons. The topological polar surface area (TPSA) is 53.6 Å². The third-order valence-corrected chi connectivity index (χ3v) is 3.50. The Balaban J connectivity index is 1.59. The average Bonchev–Trinajstić information content (AvgIpc) is 2.95. The third-order valence-electron chi connectivity index (χ3n) is 3.50. The van der Waals surface area contributed by atoms with Gasteiger partial charge in [-0.25, -0.2) is 4.98 Å². The lowest BCUT2D eigenvalue weighted by Gasteiger charge is -2.13. The fourth-order valence-corrected chi connectivity index (χ4v) is 2.31. The molecule has 2 rings (SSSR count). The molecule has 1 aromatic heterocycles. The van der Waals surface area contributed by atoms with Gasteiger partial charge in [-0.05, 0) is 45.2 Å². The van der Waals surface area contributed by atoms with Crippen molar-refractivity contribution in [3.05, 3.63) is 47.5 Å². The summed E-state index contributed by atoms with van der Waals surface area (Å²) >= 11 is 0. The number of aromatic nitrogens is 3. The van der Waals surface area contributed by atoms with Crippen LogP contribution in [0.25, 0.3) is 0 Å². The molecule has 2 N–H and O–H groups in total. The number of H-pyrrole nitrogens is 1. The van der Waals surface area contributed by atoms with Crippen LogP contribution in [-0.4, -0.2) is 27.8 Å². The van der Waals surface area contributed by atoms with Crippen molar-refractivity contribution < 1.29 is 0 Å². The van der Waals surface area contributed by atoms with Crippen LogP contribution in [0.1, 0.15) is 36.7 Å². The molecule has 1 heterocycles. The molecule has 0 fully saturated rings. The van der Waals surface area contributed by atoms with Crippen molar-refractivity contribution in [1.29, 1.82) is 0 Å². The highest BCUT2D eigenvalue weighted by molar-refractivity contribution is 5.22. The summed E-state index contributed by atoms with van der Waals surface area (Å²) in [4.78, 5) is 4.12. The predicted molar refractivity (Wildman–Crippen MR) is 81.7 cm³/mol. The summed E-state index contributed by atoms with van der Waals surface area (Å²) in [5.41, 5.74) is 2.77. The average molecular weight is 272 g/mol. The molecule has 0 aliphatic rings. The van der Waals surface area contributed by atoms with E-state index in [9.17, 15) is 0 Å². The molecule has 1 unspecified atom stereocenters. The molecule has 4 heteroatoms. The van der Waals surface area contributed by atoms with Gasteiger partial charge in [-0.2, -0.15) is 5.10 Å². The molecule has 4 nitrogen and oxygen atoms in total. The molecule has 0 aliphatic heterocycles. The largest absolute Gasteiger partial charge is 0.314 e. The quantitative estimate of drug-likeness (QED) is 0.726. The van der Waals surface area contributed by atoms with Crippen LogP contribution in [0.15, 0.2) is 30.6 Å². The Morgan fingerprint density at radius 1 is 1.30 bits per heavy atom. The Kier molecular flexibility index (Phi) is 5.74. The van der Waals surface area contributed by atoms with Gasteiger partial charge in [0.15, 0.2) is 0 Å². The molecule has 2 aromatic rings. The molecule has 0 spiro atoms. The predicted octanol–water partition coefficient (Wildman–Crippen LogP) is 2.66. The molecule has 108 valence electrons. The Morgan fingerprint density at radius 3 is 2.95 bits per heavy atom. The summed E-state index contributed by atoms with van der Waals surface area (Å²) in [5, 5.41) is 10.3. The summed E-state index contributed by atoms with van der Waals surface area (Å²) in [5.74, 6) is 0.971. The molecular weight excluding hydrogens is 248 g/mol. The van der Waals surface area contributed by atoms with Crippen LogP contribution in [-0.2, 0) is 12.8 Å². The van der Waals surface area contributed by atoms with E-state index < -0.39 is 0 Å². The van der Waals surface area contributed by atoms with Gasteiger partial charge in [0.2, 0.25) is 0 Å². The zero-order valence-electron chi connectivity index (χ0n) is 12.4. The summed E-state index contributed by atoms with van der Waals surface area (Å²) in [6.45, 7) is 5.43. The number of aryl methyl sites for hydroxylation is 3. The summed E-state index contributed by atoms with van der Waals surface area (Å²) in [6.07, 6.45) is 5.92. The maximum absolute atomic E-state index is 4.12. The van der Waals surface area contributed by atoms with Crippen LogP contribution in [0.3, 0.4) is 0 Å². The Morgan fingerprint density at radius 2 is 2.20 bits per heavy atom. The lowest BCUT2D eigenvalue weighted by atomic mass is 10.0. The van der Waals surface area contributed by atoms with E-state index in [2.05, 4.69) is 58.6 Å². The van der Waals surface area contributed by atoms with Gasteiger partial charge in [0.25, 0.3) is 0 Å². The van der Waals surface area contributed by atoms with Gasteiger partial charge in [0.05, 0.1) is 0 Å². The van der Waals surface area contributed by atoms with Gasteiger partial charge in [-0.1, -0.05) is 29.8 Å². The molecule has 1 aromatic carbocycles. The van der Waals surface area contributed by atoms with Crippen LogP contribution < -0.4 is 5.32 Å². The first-order valence-corrected chi connectivity index (χ1v) is 7.37. The van der Waals surface area contributed by atoms with E-state index >= 15 is 0 Å². The summed E-state index contributed by atoms with van der Waals surface area (Å²) < 4.78 is 0. The van der Waals surface area contributed by atoms with Gasteiger partial charge in [0.1, 0.15) is 12.2 Å². The minimum absolute atomic E-state index is 0.547. The fraction of sp³-hybridized carbons (Fsp3) is 0.500. The van der Waals surface area contributed by atoms with Crippen molar-refractivity contribution in [1.82, 2.24) is 20.5 Å². The number of benzene rings is 1. The standard InChI is InChI=1S/C16H24N4/c1-13-5-3-6-15(11-13)9-8-14(2)17-10-4-7-16-18-12-19-20-16/h3,5-6,11-12,14,17H,4,7-10H2,1-2H3,(H,18,19,20). The van der Waals surface area contributed by atoms with E-state index in [1.165, 1.54) is 17.5 Å². The highest BCUT2D eigenvalue weighted by Crippen LogP contribution is 2.08. The van der Waals surface area contributed by atoms with Crippen molar-refractivity contribution in [3.63, 3.8) is 0 Å². The smallest absolute Gasteiger partial charge is 0.137 e. The van der Waals surface area contributed by atoms with Crippen molar-refractivity contribution in [2.45, 2.75) is 45.6 Å². The monoisotopic (exact) mass is 272 g/mol. The molecule has 20 heavy (non-hydrogen) atoms. The second-order valence-electron chi connectivity index (χ2n) is 5.42. The number of hydrogen-bond donors (Lipinski definition) is 2. The van der Waals surface area contributed by atoms with Crippen LogP contribution in [0.4, 0.5) is 0 Å². The van der Waals surface area contributed by atoms with E-state index in [-0.39, 0.29) is 0 Å². The lowest BCUT2D eigenvalue weighted by Crippen LogP contribution is -2.27. The normalized spacial score (nSPS) is 12.5. The Bertz CT molecular complexity index is 493. The van der Waals surface area contributed by atoms with E-state index in [4.69, 9.17) is 0 Å². The lowest BCUT2D eigenvalue weighted by molar-refractivity contribution is 0.504. The second kappa shape index (κ2) is 7.80. The van der Waals surface area contributed by atoms with E-state index in [0.717, 1.165) is 31.6 Å². The van der Waals surface area contributed by atoms with E-state index in [1.807, 2.05) is 0 Å². The number of aromatic amines is 1. The first-order chi connectivity index (χ1) is 9.74. The van der Waals surface area contributed by atoms with Gasteiger partial charge in [-0.15, -0.1) is 0 Å². The van der Waals surface area contributed by atoms with E-state index in [1.54, 1.807) is 6.33 Å². The van der Waals surface area contributed by atoms with Gasteiger partial charge in [-0.3, -0.25) is 5.10 Å². The van der Waals surface area contributed by atoms with Crippen molar-refractivity contribution in [2.24, 2.45) is 0 Å². The second-order valence-corrected chi connectivity index (χ2v) is 5.42. The molecule has 0 amide bonds. The fourth-order valence-electron chi connectivity index (χ4n) is 2.31. The summed E-state index contributed by atoms with van der Waals surface area (Å²) in [6, 6.07) is 9.32. The third kappa shape index (κ3) is 5.13. The molecule has 1 atom stereocenters. The molecule has 0 saturated carbocycles. The van der Waals surface area contributed by atoms with Crippen molar-refractivity contribution >= 4 is 0 Å². The molecule has 0 saturated heterocycles. The first kappa shape index (κ1) is 14.7. The van der Waals surface area contributed by atoms with Gasteiger partial charge in [0, 0.05) is 12.5 Å². The number of nitrogens with zero attached hydrogens (tertiary/aromatic N) is 2. The van der Waals surface area contributed by atoms with Gasteiger partial charge < -0.3 is 5.32 Å². The van der Waals surface area contributed by atoms with Crippen LogP contribution in [0, 0.1) is 6.92 Å². The van der Waals surface area contributed by atoms with Crippen LogP contribution in [0.2, 0.25) is 0 Å². The SMILES string of the molecule is Cc1cccc(CCC(C)NCCCc2ncn[nH]2)c1. The van der Waals surface area contributed by atoms with Gasteiger partial charge >= 0.3 is 0 Å². The Hall–Kier alpha value is -1.68. The molecule has 0 aliphatic carbocycles. The summed E-state index contributed by atoms with van der Waals surface area (Å²) in [7, 11) is 0. The highest BCUT2D eigenvalue weighted by atomic mass is 15.2. The maximum atomic E-state index is 4.12. The zero-order valence-corrected chi connectivity index (χ0v) is 12.4. The number of nitrogens with one attached hydrogen (secondary N) is 2. The van der Waals surface area contributed by atoms with Crippen molar-refractivity contribution in [2.75, 3.05) is 6.54 Å². The van der Waals surface area contributed by atoms with Crippen molar-refractivity contribution in [3.8, 4) is 0 Å². The number of hydrogen-bond acceptors (Lipinski definition) is 3. The maximum Gasteiger partial charge on any atom is 0.137 e. The van der Waals surface area contributed by atoms with Crippen LogP contribution >= 0.6 is 0 Å². The highest BCUT2D eigenvalue weighted by Gasteiger charge is 2.03. The minimum atomic E-state index is 0.547. The van der Waals surface area contributed by atoms with E-state index in [0.29, 0.717) is 6.04 Å². The minimum Gasteiger partial charge on any atom is -0.314 e.